The first-order valence-electron chi connectivity index (χ1n) is 4.25. The maximum absolute atomic E-state index is 10.5. The van der Waals surface area contributed by atoms with Gasteiger partial charge in [0.2, 0.25) is 0 Å². The second-order valence-corrected chi connectivity index (χ2v) is 2.88. The fraction of sp³-hybridized carbons (Fsp3) is 0.143. The standard InChI is InChI=1S/C7H5N3O6.H4N2.H2O/c1-4-6(9(13)14)2-5(8(11)12)3-7(4)10(15)16;1-2;/h2-3H,1H3;1-2H2;1H2. The molecular formula is C7H11N5O7. The lowest BCUT2D eigenvalue weighted by Gasteiger charge is -1.99. The average molecular weight is 277 g/mol. The third-order valence-electron chi connectivity index (χ3n) is 1.94. The van der Waals surface area contributed by atoms with Gasteiger partial charge < -0.3 is 5.48 Å². The minimum absolute atomic E-state index is 0. The zero-order valence-electron chi connectivity index (χ0n) is 9.60. The van der Waals surface area contributed by atoms with E-state index < -0.39 is 31.8 Å². The van der Waals surface area contributed by atoms with E-state index in [-0.39, 0.29) is 11.0 Å². The molecule has 0 unspecified atom stereocenters. The number of hydrazine groups is 1. The van der Waals surface area contributed by atoms with Crippen molar-refractivity contribution in [2.75, 3.05) is 0 Å². The molecular weight excluding hydrogens is 266 g/mol. The number of nitrogens with two attached hydrogens (primary N) is 2. The van der Waals surface area contributed by atoms with Gasteiger partial charge in [0.05, 0.1) is 26.9 Å². The van der Waals surface area contributed by atoms with Gasteiger partial charge >= 0.3 is 0 Å². The molecule has 1 aromatic rings. The van der Waals surface area contributed by atoms with E-state index in [1.54, 1.807) is 0 Å². The number of nitro groups is 3. The van der Waals surface area contributed by atoms with Crippen LogP contribution in [0.3, 0.4) is 0 Å². The van der Waals surface area contributed by atoms with Gasteiger partial charge in [-0.25, -0.2) is 0 Å². The maximum atomic E-state index is 10.5. The number of rotatable bonds is 3. The third kappa shape index (κ3) is 4.23. The van der Waals surface area contributed by atoms with E-state index in [2.05, 4.69) is 11.7 Å². The van der Waals surface area contributed by atoms with Gasteiger partial charge in [-0.1, -0.05) is 0 Å². The van der Waals surface area contributed by atoms with Crippen molar-refractivity contribution in [3.05, 3.63) is 48.0 Å². The van der Waals surface area contributed by atoms with Crippen LogP contribution in [0.15, 0.2) is 12.1 Å². The lowest BCUT2D eigenvalue weighted by Crippen LogP contribution is -2.02. The van der Waals surface area contributed by atoms with Crippen LogP contribution in [0.1, 0.15) is 5.56 Å². The van der Waals surface area contributed by atoms with Gasteiger partial charge in [0.1, 0.15) is 5.56 Å². The van der Waals surface area contributed by atoms with E-state index in [1.165, 1.54) is 6.92 Å². The first-order valence-corrected chi connectivity index (χ1v) is 4.25. The second kappa shape index (κ2) is 7.59. The summed E-state index contributed by atoms with van der Waals surface area (Å²) < 4.78 is 0. The molecule has 0 aromatic heterocycles. The lowest BCUT2D eigenvalue weighted by molar-refractivity contribution is -0.403. The van der Waals surface area contributed by atoms with Crippen molar-refractivity contribution in [1.82, 2.24) is 0 Å². The van der Waals surface area contributed by atoms with Crippen molar-refractivity contribution in [3.8, 4) is 0 Å². The van der Waals surface area contributed by atoms with Crippen molar-refractivity contribution in [2.24, 2.45) is 11.7 Å². The molecule has 0 amide bonds. The zero-order valence-corrected chi connectivity index (χ0v) is 9.60. The summed E-state index contributed by atoms with van der Waals surface area (Å²) in [4.78, 5) is 28.8. The van der Waals surface area contributed by atoms with Crippen LogP contribution in [-0.4, -0.2) is 20.2 Å². The fourth-order valence-corrected chi connectivity index (χ4v) is 1.15. The van der Waals surface area contributed by atoms with E-state index in [0.717, 1.165) is 0 Å². The quantitative estimate of drug-likeness (QED) is 0.424. The summed E-state index contributed by atoms with van der Waals surface area (Å²) in [7, 11) is 0. The number of nitrogens with zero attached hydrogens (tertiary/aromatic N) is 3. The predicted octanol–water partition coefficient (Wildman–Crippen LogP) is -0.286. The Labute approximate surface area is 105 Å². The Hall–Kier alpha value is -2.70. The second-order valence-electron chi connectivity index (χ2n) is 2.88. The Morgan fingerprint density at radius 3 is 1.42 bits per heavy atom. The number of nitro benzene ring substituents is 3. The third-order valence-corrected chi connectivity index (χ3v) is 1.94. The van der Waals surface area contributed by atoms with Gasteiger partial charge in [0.25, 0.3) is 17.1 Å². The molecule has 19 heavy (non-hydrogen) atoms. The highest BCUT2D eigenvalue weighted by molar-refractivity contribution is 5.59. The molecule has 0 aliphatic carbocycles. The topological polar surface area (TPSA) is 213 Å². The fourth-order valence-electron chi connectivity index (χ4n) is 1.15. The molecule has 106 valence electrons. The lowest BCUT2D eigenvalue weighted by atomic mass is 10.1. The number of non-ortho nitro benzene ring substituents is 1. The van der Waals surface area contributed by atoms with E-state index in [9.17, 15) is 30.3 Å². The molecule has 0 bridgehead atoms. The van der Waals surface area contributed by atoms with Crippen LogP contribution in [0, 0.1) is 37.3 Å². The number of hydrogen-bond acceptors (Lipinski definition) is 8. The van der Waals surface area contributed by atoms with Crippen LogP contribution >= 0.6 is 0 Å². The van der Waals surface area contributed by atoms with E-state index in [1.807, 2.05) is 0 Å². The number of benzene rings is 1. The highest BCUT2D eigenvalue weighted by Crippen LogP contribution is 2.32. The van der Waals surface area contributed by atoms with Gasteiger partial charge in [-0.05, 0) is 6.92 Å². The van der Waals surface area contributed by atoms with Crippen LogP contribution in [0.25, 0.3) is 0 Å². The van der Waals surface area contributed by atoms with Gasteiger partial charge in [0.15, 0.2) is 0 Å². The van der Waals surface area contributed by atoms with Crippen molar-refractivity contribution in [2.45, 2.75) is 6.92 Å². The summed E-state index contributed by atoms with van der Waals surface area (Å²) in [6.07, 6.45) is 0. The molecule has 6 N–H and O–H groups in total. The monoisotopic (exact) mass is 277 g/mol. The molecule has 0 saturated carbocycles. The largest absolute Gasteiger partial charge is 0.412 e. The highest BCUT2D eigenvalue weighted by Gasteiger charge is 2.27. The molecule has 12 heteroatoms. The smallest absolute Gasteiger partial charge is 0.286 e. The van der Waals surface area contributed by atoms with Crippen LogP contribution in [0.4, 0.5) is 17.1 Å². The van der Waals surface area contributed by atoms with Gasteiger partial charge in [-0.2, -0.15) is 0 Å². The van der Waals surface area contributed by atoms with Crippen molar-refractivity contribution < 1.29 is 20.2 Å². The van der Waals surface area contributed by atoms with E-state index in [0.29, 0.717) is 12.1 Å². The predicted molar refractivity (Wildman–Crippen MR) is 63.1 cm³/mol. The molecule has 1 rings (SSSR count). The maximum Gasteiger partial charge on any atom is 0.286 e. The Kier molecular flexibility index (Phi) is 7.46. The summed E-state index contributed by atoms with van der Waals surface area (Å²) in [6, 6.07) is 1.39. The van der Waals surface area contributed by atoms with E-state index >= 15 is 0 Å². The molecule has 0 fully saturated rings. The number of hydrogen-bond donors (Lipinski definition) is 2. The van der Waals surface area contributed by atoms with E-state index in [4.69, 9.17) is 0 Å². The van der Waals surface area contributed by atoms with Crippen LogP contribution in [0.5, 0.6) is 0 Å². The Bertz CT molecular complexity index is 468. The summed E-state index contributed by atoms with van der Waals surface area (Å²) in [5.41, 5.74) is -2.16. The van der Waals surface area contributed by atoms with Gasteiger partial charge in [-0.15, -0.1) is 0 Å². The molecule has 1 aromatic carbocycles. The molecule has 0 aliphatic heterocycles. The first-order chi connectivity index (χ1) is 8.34. The van der Waals surface area contributed by atoms with Crippen molar-refractivity contribution in [3.63, 3.8) is 0 Å². The Morgan fingerprint density at radius 2 is 1.21 bits per heavy atom. The average Bonchev–Trinajstić information content (AvgIpc) is 2.30. The molecule has 0 atom stereocenters. The summed E-state index contributed by atoms with van der Waals surface area (Å²) in [5.74, 6) is 8.00. The molecule has 0 spiro atoms. The zero-order chi connectivity index (χ0) is 14.5. The van der Waals surface area contributed by atoms with Crippen LogP contribution in [0.2, 0.25) is 0 Å². The van der Waals surface area contributed by atoms with Crippen LogP contribution in [-0.2, 0) is 0 Å². The minimum Gasteiger partial charge on any atom is -0.412 e. The first kappa shape index (κ1) is 18.7. The molecule has 0 saturated heterocycles. The van der Waals surface area contributed by atoms with Crippen LogP contribution < -0.4 is 11.7 Å². The minimum atomic E-state index is -0.917. The summed E-state index contributed by atoms with van der Waals surface area (Å²) in [6.45, 7) is 1.17. The Morgan fingerprint density at radius 1 is 0.895 bits per heavy atom. The SMILES string of the molecule is Cc1c([N+](=O)[O-])cc([N+](=O)[O-])cc1[N+](=O)[O-].NN.O. The van der Waals surface area contributed by atoms with Crippen molar-refractivity contribution in [1.29, 1.82) is 0 Å². The normalized spacial score (nSPS) is 8.58. The molecule has 0 aliphatic rings. The van der Waals surface area contributed by atoms with Crippen molar-refractivity contribution >= 4 is 17.1 Å². The molecule has 0 radical (unpaired) electrons. The Balaban J connectivity index is 0. The highest BCUT2D eigenvalue weighted by atomic mass is 16.6. The van der Waals surface area contributed by atoms with Gasteiger partial charge in [0, 0.05) is 0 Å². The van der Waals surface area contributed by atoms with Gasteiger partial charge in [-0.3, -0.25) is 42.0 Å². The summed E-state index contributed by atoms with van der Waals surface area (Å²) in [5, 5.41) is 31.5. The summed E-state index contributed by atoms with van der Waals surface area (Å²) >= 11 is 0. The molecule has 12 nitrogen and oxygen atoms in total. The molecule has 0 heterocycles.